The first-order valence-corrected chi connectivity index (χ1v) is 20.3. The highest BCUT2D eigenvalue weighted by atomic mass is 14.9. The molecule has 2 heteroatoms. The molecule has 1 aliphatic rings. The van der Waals surface area contributed by atoms with Gasteiger partial charge in [-0.05, 0) is 141 Å². The molecule has 2 nitrogen and oxygen atoms in total. The summed E-state index contributed by atoms with van der Waals surface area (Å²) in [6, 6.07) is 69.3. The lowest BCUT2D eigenvalue weighted by atomic mass is 9.78. The quantitative estimate of drug-likeness (QED) is 0.131. The molecule has 0 saturated heterocycles. The van der Waals surface area contributed by atoms with Crippen molar-refractivity contribution >= 4 is 54.5 Å². The highest BCUT2D eigenvalue weighted by Crippen LogP contribution is 2.54. The minimum atomic E-state index is -0.147. The number of nitrogens with two attached hydrogens (primary N) is 1. The second-order valence-electron chi connectivity index (χ2n) is 16.3. The molecular weight excluding hydrogens is 701 g/mol. The van der Waals surface area contributed by atoms with Crippen LogP contribution in [0.25, 0.3) is 87.6 Å². The summed E-state index contributed by atoms with van der Waals surface area (Å²) in [5.74, 6) is 0. The van der Waals surface area contributed by atoms with Gasteiger partial charge in [-0.15, -0.1) is 0 Å². The van der Waals surface area contributed by atoms with Gasteiger partial charge in [-0.2, -0.15) is 0 Å². The van der Waals surface area contributed by atoms with E-state index in [1.165, 1.54) is 104 Å². The maximum Gasteiger partial charge on any atom is 0.0576 e. The van der Waals surface area contributed by atoms with Gasteiger partial charge in [0.05, 0.1) is 11.4 Å². The topological polar surface area (TPSA) is 38.0 Å². The first-order chi connectivity index (χ1) is 28.4. The molecule has 0 amide bonds. The van der Waals surface area contributed by atoms with Crippen LogP contribution >= 0.6 is 0 Å². The van der Waals surface area contributed by atoms with Crippen LogP contribution in [0.1, 0.15) is 30.5 Å². The number of hydrogen-bond acceptors (Lipinski definition) is 2. The van der Waals surface area contributed by atoms with Crippen molar-refractivity contribution in [3.8, 4) is 44.5 Å². The molecule has 1 aliphatic carbocycles. The van der Waals surface area contributed by atoms with Crippen molar-refractivity contribution < 1.29 is 0 Å². The fourth-order valence-corrected chi connectivity index (χ4v) is 9.78. The van der Waals surface area contributed by atoms with E-state index in [0.29, 0.717) is 6.54 Å². The van der Waals surface area contributed by atoms with Gasteiger partial charge in [0.1, 0.15) is 0 Å². The molecule has 3 N–H and O–H groups in total. The zero-order valence-corrected chi connectivity index (χ0v) is 32.7. The lowest BCUT2D eigenvalue weighted by Crippen LogP contribution is -2.14. The Morgan fingerprint density at radius 2 is 0.983 bits per heavy atom. The molecule has 0 radical (unpaired) electrons. The van der Waals surface area contributed by atoms with Gasteiger partial charge in [-0.1, -0.05) is 166 Å². The summed E-state index contributed by atoms with van der Waals surface area (Å²) in [6.07, 6.45) is 0. The molecule has 0 atom stereocenters. The standard InChI is InChI=1S/C56H42N2/c1-56(2)50-25-8-7-22-42(50)46-32-48-49(33-51(46)56)55(44-24-13-18-37-16-4-6-21-41(37)44)47-31-39(38-19-11-14-35(30-38)34-58-53-27-10-9-26-52(53)57)28-29-45(47)54(48)43-23-12-17-36-15-3-5-20-40(36)43/h3-33,58H,34,57H2,1-2H3. The van der Waals surface area contributed by atoms with E-state index in [9.17, 15) is 0 Å². The summed E-state index contributed by atoms with van der Waals surface area (Å²) in [4.78, 5) is 0. The second-order valence-corrected chi connectivity index (χ2v) is 16.3. The third kappa shape index (κ3) is 5.33. The van der Waals surface area contributed by atoms with Crippen molar-refractivity contribution in [2.45, 2.75) is 25.8 Å². The molecule has 10 aromatic rings. The summed E-state index contributed by atoms with van der Waals surface area (Å²) in [7, 11) is 0. The second kappa shape index (κ2) is 13.2. The number of rotatable bonds is 6. The lowest BCUT2D eigenvalue weighted by molar-refractivity contribution is 0.661. The number of fused-ring (bicyclic) bond motifs is 7. The van der Waals surface area contributed by atoms with Gasteiger partial charge < -0.3 is 11.1 Å². The Kier molecular flexibility index (Phi) is 7.78. The smallest absolute Gasteiger partial charge is 0.0576 e. The molecule has 11 rings (SSSR count). The number of nitrogen functional groups attached to an aromatic ring is 1. The van der Waals surface area contributed by atoms with Crippen LogP contribution in [0, 0.1) is 0 Å². The summed E-state index contributed by atoms with van der Waals surface area (Å²) >= 11 is 0. The molecule has 0 saturated carbocycles. The Labute approximate surface area is 339 Å². The molecule has 0 unspecified atom stereocenters. The molecule has 58 heavy (non-hydrogen) atoms. The van der Waals surface area contributed by atoms with Gasteiger partial charge in [0.2, 0.25) is 0 Å². The fourth-order valence-electron chi connectivity index (χ4n) is 9.78. The molecule has 276 valence electrons. The van der Waals surface area contributed by atoms with Crippen LogP contribution in [-0.4, -0.2) is 0 Å². The summed E-state index contributed by atoms with van der Waals surface area (Å²) < 4.78 is 0. The summed E-state index contributed by atoms with van der Waals surface area (Å²) in [6.45, 7) is 5.45. The fraction of sp³-hybridized carbons (Fsp3) is 0.0714. The third-order valence-electron chi connectivity index (χ3n) is 12.6. The Balaban J connectivity index is 1.24. The van der Waals surface area contributed by atoms with E-state index in [1.54, 1.807) is 0 Å². The predicted octanol–water partition coefficient (Wildman–Crippen LogP) is 14.8. The van der Waals surface area contributed by atoms with Gasteiger partial charge in [0.25, 0.3) is 0 Å². The van der Waals surface area contributed by atoms with Crippen LogP contribution in [0.15, 0.2) is 188 Å². The van der Waals surface area contributed by atoms with Crippen LogP contribution in [-0.2, 0) is 12.0 Å². The van der Waals surface area contributed by atoms with Crippen molar-refractivity contribution in [2.24, 2.45) is 0 Å². The van der Waals surface area contributed by atoms with Gasteiger partial charge in [0, 0.05) is 12.0 Å². The van der Waals surface area contributed by atoms with Crippen LogP contribution in [0.5, 0.6) is 0 Å². The average molecular weight is 743 g/mol. The highest BCUT2D eigenvalue weighted by molar-refractivity contribution is 6.26. The Morgan fingerprint density at radius 1 is 0.414 bits per heavy atom. The number of hydrogen-bond donors (Lipinski definition) is 2. The monoisotopic (exact) mass is 742 g/mol. The number of nitrogens with one attached hydrogen (secondary N) is 1. The molecule has 0 bridgehead atoms. The Hall–Kier alpha value is -7.16. The maximum atomic E-state index is 6.28. The van der Waals surface area contributed by atoms with Crippen LogP contribution in [0.4, 0.5) is 11.4 Å². The van der Waals surface area contributed by atoms with Crippen molar-refractivity contribution in [3.05, 3.63) is 205 Å². The Morgan fingerprint density at radius 3 is 1.74 bits per heavy atom. The van der Waals surface area contributed by atoms with E-state index in [4.69, 9.17) is 5.73 Å². The van der Waals surface area contributed by atoms with E-state index in [0.717, 1.165) is 11.4 Å². The molecule has 0 heterocycles. The summed E-state index contributed by atoms with van der Waals surface area (Å²) in [5, 5.41) is 13.6. The van der Waals surface area contributed by atoms with Crippen molar-refractivity contribution in [3.63, 3.8) is 0 Å². The average Bonchev–Trinajstić information content (AvgIpc) is 3.49. The SMILES string of the molecule is CC1(C)c2ccccc2-c2cc3c(-c4cccc5ccccc45)c4ccc(-c5cccc(CNc6ccccc6N)c5)cc4c(-c4cccc5ccccc45)c3cc21. The van der Waals surface area contributed by atoms with Crippen LogP contribution in [0.3, 0.4) is 0 Å². The highest BCUT2D eigenvalue weighted by Gasteiger charge is 2.36. The third-order valence-corrected chi connectivity index (χ3v) is 12.6. The van der Waals surface area contributed by atoms with Crippen LogP contribution in [0.2, 0.25) is 0 Å². The van der Waals surface area contributed by atoms with E-state index >= 15 is 0 Å². The maximum absolute atomic E-state index is 6.28. The van der Waals surface area contributed by atoms with E-state index < -0.39 is 0 Å². The van der Waals surface area contributed by atoms with Crippen molar-refractivity contribution in [2.75, 3.05) is 11.1 Å². The summed E-state index contributed by atoms with van der Waals surface area (Å²) in [5.41, 5.74) is 21.9. The predicted molar refractivity (Wildman–Crippen MR) is 249 cm³/mol. The molecule has 0 aliphatic heterocycles. The molecule has 0 spiro atoms. The van der Waals surface area contributed by atoms with E-state index in [2.05, 4.69) is 183 Å². The molecule has 0 aromatic heterocycles. The molecular formula is C56H42N2. The minimum absolute atomic E-state index is 0.147. The van der Waals surface area contributed by atoms with E-state index in [-0.39, 0.29) is 5.41 Å². The normalized spacial score (nSPS) is 12.9. The molecule has 10 aromatic carbocycles. The van der Waals surface area contributed by atoms with Gasteiger partial charge in [-0.25, -0.2) is 0 Å². The lowest BCUT2D eigenvalue weighted by Gasteiger charge is -2.24. The first-order valence-electron chi connectivity index (χ1n) is 20.3. The van der Waals surface area contributed by atoms with Crippen LogP contribution < -0.4 is 11.1 Å². The largest absolute Gasteiger partial charge is 0.397 e. The Bertz CT molecular complexity index is 3270. The number of benzene rings is 10. The van der Waals surface area contributed by atoms with Gasteiger partial charge >= 0.3 is 0 Å². The van der Waals surface area contributed by atoms with Gasteiger partial charge in [0.15, 0.2) is 0 Å². The minimum Gasteiger partial charge on any atom is -0.397 e. The number of anilines is 2. The number of para-hydroxylation sites is 2. The molecule has 0 fully saturated rings. The van der Waals surface area contributed by atoms with Gasteiger partial charge in [-0.3, -0.25) is 0 Å². The van der Waals surface area contributed by atoms with Crippen molar-refractivity contribution in [1.29, 1.82) is 0 Å². The van der Waals surface area contributed by atoms with Crippen molar-refractivity contribution in [1.82, 2.24) is 0 Å². The first kappa shape index (κ1) is 34.1. The zero-order chi connectivity index (χ0) is 39.0. The zero-order valence-electron chi connectivity index (χ0n) is 32.7. The van der Waals surface area contributed by atoms with E-state index in [1.807, 2.05) is 24.3 Å².